The summed E-state index contributed by atoms with van der Waals surface area (Å²) in [5, 5.41) is 0. The number of rotatable bonds is 36. The second-order valence-electron chi connectivity index (χ2n) is 14.9. The molecule has 0 N–H and O–H groups in total. The minimum Gasteiger partial charge on any atom is -0.462 e. The van der Waals surface area contributed by atoms with E-state index in [0.29, 0.717) is 24.3 Å². The number of unbranched alkanes of at least 4 members (excludes halogenated alkanes) is 22. The Morgan fingerprint density at radius 1 is 0.400 bits per heavy atom. The summed E-state index contributed by atoms with van der Waals surface area (Å²) in [5.41, 5.74) is 0.937. The van der Waals surface area contributed by atoms with Crippen molar-refractivity contribution in [1.82, 2.24) is 9.80 Å². The van der Waals surface area contributed by atoms with E-state index >= 15 is 0 Å². The molecule has 0 aliphatic rings. The van der Waals surface area contributed by atoms with E-state index in [1.54, 1.807) is 24.3 Å². The average Bonchev–Trinajstić information content (AvgIpc) is 3.12. The van der Waals surface area contributed by atoms with Gasteiger partial charge in [-0.05, 0) is 103 Å². The van der Waals surface area contributed by atoms with Crippen molar-refractivity contribution in [3.05, 3.63) is 35.4 Å². The molecule has 0 saturated carbocycles. The minimum absolute atomic E-state index is 0.337. The van der Waals surface area contributed by atoms with Crippen molar-refractivity contribution in [2.24, 2.45) is 0 Å². The number of benzene rings is 1. The number of carbonyl (C=O) groups excluding carboxylic acids is 2. The van der Waals surface area contributed by atoms with Gasteiger partial charge in [0.05, 0.1) is 24.3 Å². The first kappa shape index (κ1) is 46.1. The summed E-state index contributed by atoms with van der Waals surface area (Å²) in [6.07, 6.45) is 34.0. The second-order valence-corrected chi connectivity index (χ2v) is 14.9. The van der Waals surface area contributed by atoms with Gasteiger partial charge in [0, 0.05) is 0 Å². The first-order valence-corrected chi connectivity index (χ1v) is 21.3. The molecule has 0 aliphatic carbocycles. The highest BCUT2D eigenvalue weighted by Gasteiger charge is 2.11. The Balaban J connectivity index is 2.00. The van der Waals surface area contributed by atoms with Crippen molar-refractivity contribution >= 4 is 11.9 Å². The Morgan fingerprint density at radius 3 is 0.920 bits per heavy atom. The van der Waals surface area contributed by atoms with Crippen molar-refractivity contribution in [3.8, 4) is 0 Å². The Morgan fingerprint density at radius 2 is 0.640 bits per heavy atom. The van der Waals surface area contributed by atoms with Gasteiger partial charge in [-0.15, -0.1) is 0 Å². The molecule has 1 aromatic carbocycles. The second kappa shape index (κ2) is 34.2. The lowest BCUT2D eigenvalue weighted by Crippen LogP contribution is -2.21. The van der Waals surface area contributed by atoms with Gasteiger partial charge in [-0.2, -0.15) is 0 Å². The fraction of sp³-hybridized carbons (Fsp3) is 0.818. The number of carbonyl (C=O) groups is 2. The van der Waals surface area contributed by atoms with Crippen LogP contribution in [0.15, 0.2) is 24.3 Å². The third-order valence-corrected chi connectivity index (χ3v) is 9.98. The molecule has 0 heterocycles. The lowest BCUT2D eigenvalue weighted by molar-refractivity contribution is 0.0481. The third kappa shape index (κ3) is 27.8. The summed E-state index contributed by atoms with van der Waals surface area (Å²) in [4.78, 5) is 29.7. The van der Waals surface area contributed by atoms with Gasteiger partial charge >= 0.3 is 11.9 Å². The normalized spacial score (nSPS) is 11.5. The van der Waals surface area contributed by atoms with E-state index in [1.807, 2.05) is 0 Å². The van der Waals surface area contributed by atoms with Crippen LogP contribution in [0.25, 0.3) is 0 Å². The predicted molar refractivity (Wildman–Crippen MR) is 213 cm³/mol. The number of ether oxygens (including phenoxy) is 2. The molecule has 0 aliphatic heterocycles. The standard InChI is InChI=1S/C44H80N2O4/c1-5-7-9-11-13-15-17-19-21-23-25-35-45(3)37-27-29-39-49-43(47)41-31-33-42(34-32-41)44(48)50-40-30-28-38-46(4)36-26-24-22-20-18-16-14-12-10-8-6-2/h31-34H,5-30,35-40H2,1-4H3. The third-order valence-electron chi connectivity index (χ3n) is 9.98. The molecule has 0 unspecified atom stereocenters. The van der Waals surface area contributed by atoms with Crippen LogP contribution in [0.3, 0.4) is 0 Å². The quantitative estimate of drug-likeness (QED) is 0.0513. The van der Waals surface area contributed by atoms with Crippen LogP contribution in [0.1, 0.15) is 202 Å². The molecule has 0 fully saturated rings. The summed E-state index contributed by atoms with van der Waals surface area (Å²) in [5.74, 6) is -0.673. The van der Waals surface area contributed by atoms with Crippen molar-refractivity contribution in [2.45, 2.75) is 181 Å². The Labute approximate surface area is 309 Å². The Bertz CT molecular complexity index is 833. The maximum absolute atomic E-state index is 12.5. The maximum Gasteiger partial charge on any atom is 0.338 e. The molecular weight excluding hydrogens is 620 g/mol. The summed E-state index contributed by atoms with van der Waals surface area (Å²) in [6.45, 7) is 9.74. The highest BCUT2D eigenvalue weighted by molar-refractivity contribution is 5.93. The summed E-state index contributed by atoms with van der Waals surface area (Å²) >= 11 is 0. The van der Waals surface area contributed by atoms with E-state index < -0.39 is 0 Å². The molecule has 1 aromatic rings. The van der Waals surface area contributed by atoms with Crippen LogP contribution < -0.4 is 0 Å². The van der Waals surface area contributed by atoms with Crippen molar-refractivity contribution in [3.63, 3.8) is 0 Å². The van der Waals surface area contributed by atoms with E-state index in [2.05, 4.69) is 37.7 Å². The van der Waals surface area contributed by atoms with Gasteiger partial charge in [0.2, 0.25) is 0 Å². The van der Waals surface area contributed by atoms with Gasteiger partial charge in [-0.3, -0.25) is 0 Å². The SMILES string of the molecule is CCCCCCCCCCCCCN(C)CCCCOC(=O)c1ccc(C(=O)OCCCCN(C)CCCCCCCCCCCCC)cc1. The van der Waals surface area contributed by atoms with E-state index in [9.17, 15) is 9.59 Å². The lowest BCUT2D eigenvalue weighted by atomic mass is 10.1. The molecule has 290 valence electrons. The molecule has 0 amide bonds. The lowest BCUT2D eigenvalue weighted by Gasteiger charge is -2.16. The van der Waals surface area contributed by atoms with Gasteiger partial charge in [0.1, 0.15) is 0 Å². The first-order chi connectivity index (χ1) is 24.5. The van der Waals surface area contributed by atoms with E-state index in [0.717, 1.165) is 51.9 Å². The topological polar surface area (TPSA) is 59.1 Å². The van der Waals surface area contributed by atoms with Crippen LogP contribution in [-0.2, 0) is 9.47 Å². The van der Waals surface area contributed by atoms with Gasteiger partial charge in [0.25, 0.3) is 0 Å². The number of nitrogens with zero attached hydrogens (tertiary/aromatic N) is 2. The summed E-state index contributed by atoms with van der Waals surface area (Å²) < 4.78 is 11.0. The van der Waals surface area contributed by atoms with E-state index in [1.165, 1.54) is 141 Å². The fourth-order valence-electron chi connectivity index (χ4n) is 6.52. The Kier molecular flexibility index (Phi) is 31.5. The maximum atomic E-state index is 12.5. The number of esters is 2. The zero-order valence-corrected chi connectivity index (χ0v) is 33.5. The predicted octanol–water partition coefficient (Wildman–Crippen LogP) is 12.0. The molecule has 50 heavy (non-hydrogen) atoms. The zero-order chi connectivity index (χ0) is 36.3. The zero-order valence-electron chi connectivity index (χ0n) is 33.5. The van der Waals surface area contributed by atoms with Crippen LogP contribution >= 0.6 is 0 Å². The van der Waals surface area contributed by atoms with Gasteiger partial charge < -0.3 is 19.3 Å². The Hall–Kier alpha value is -1.92. The highest BCUT2D eigenvalue weighted by atomic mass is 16.5. The molecule has 6 heteroatoms. The smallest absolute Gasteiger partial charge is 0.338 e. The van der Waals surface area contributed by atoms with Crippen molar-refractivity contribution < 1.29 is 19.1 Å². The largest absolute Gasteiger partial charge is 0.462 e. The molecule has 0 spiro atoms. The molecular formula is C44H80N2O4. The van der Waals surface area contributed by atoms with Crippen LogP contribution in [-0.4, -0.2) is 75.2 Å². The number of hydrogen-bond acceptors (Lipinski definition) is 6. The monoisotopic (exact) mass is 701 g/mol. The van der Waals surface area contributed by atoms with Crippen LogP contribution in [0.5, 0.6) is 0 Å². The van der Waals surface area contributed by atoms with Gasteiger partial charge in [-0.1, -0.05) is 142 Å². The molecule has 1 rings (SSSR count). The van der Waals surface area contributed by atoms with Gasteiger partial charge in [-0.25, -0.2) is 9.59 Å². The van der Waals surface area contributed by atoms with Gasteiger partial charge in [0.15, 0.2) is 0 Å². The average molecular weight is 701 g/mol. The fourth-order valence-corrected chi connectivity index (χ4v) is 6.52. The number of hydrogen-bond donors (Lipinski definition) is 0. The molecule has 0 aromatic heterocycles. The van der Waals surface area contributed by atoms with Crippen LogP contribution in [0.2, 0.25) is 0 Å². The first-order valence-electron chi connectivity index (χ1n) is 21.3. The molecule has 0 saturated heterocycles. The van der Waals surface area contributed by atoms with Crippen molar-refractivity contribution in [1.29, 1.82) is 0 Å². The molecule has 0 radical (unpaired) electrons. The molecule has 0 bridgehead atoms. The summed E-state index contributed by atoms with van der Waals surface area (Å²) in [6, 6.07) is 6.63. The van der Waals surface area contributed by atoms with E-state index in [-0.39, 0.29) is 11.9 Å². The van der Waals surface area contributed by atoms with Crippen molar-refractivity contribution in [2.75, 3.05) is 53.5 Å². The highest BCUT2D eigenvalue weighted by Crippen LogP contribution is 2.14. The molecule has 0 atom stereocenters. The molecule has 6 nitrogen and oxygen atoms in total. The van der Waals surface area contributed by atoms with E-state index in [4.69, 9.17) is 9.47 Å². The minimum atomic E-state index is -0.337. The summed E-state index contributed by atoms with van der Waals surface area (Å²) in [7, 11) is 4.38. The van der Waals surface area contributed by atoms with Crippen LogP contribution in [0.4, 0.5) is 0 Å². The van der Waals surface area contributed by atoms with Crippen LogP contribution in [0, 0.1) is 0 Å².